The fourth-order valence-electron chi connectivity index (χ4n) is 0.249. The molecule has 0 N–H and O–H groups in total. The molecule has 0 saturated heterocycles. The molecule has 0 spiro atoms. The lowest BCUT2D eigenvalue weighted by Crippen LogP contribution is -2.11. The molecule has 0 aliphatic heterocycles. The lowest BCUT2D eigenvalue weighted by atomic mass is 10.4. The van der Waals surface area contributed by atoms with Crippen LogP contribution in [-0.2, 0) is 9.84 Å². The Kier molecular flexibility index (Phi) is 4.04. The summed E-state index contributed by atoms with van der Waals surface area (Å²) in [7, 11) is 0. The molecular weight excluding hydrogens is 92.1 g/mol. The minimum atomic E-state index is -0.171. The van der Waals surface area contributed by atoms with Gasteiger partial charge in [0.2, 0.25) is 0 Å². The highest BCUT2D eigenvalue weighted by atomic mass is 16.5. The van der Waals surface area contributed by atoms with Gasteiger partial charge in [-0.25, -0.2) is 5.11 Å². The molecule has 0 heterocycles. The van der Waals surface area contributed by atoms with Crippen LogP contribution in [-0.4, -0.2) is 19.3 Å². The van der Waals surface area contributed by atoms with Crippen molar-refractivity contribution in [2.24, 2.45) is 0 Å². The molecule has 0 amide bonds. The van der Waals surface area contributed by atoms with Crippen LogP contribution in [0.2, 0.25) is 0 Å². The maximum atomic E-state index is 9.87. The topological polar surface area (TPSA) is 29.1 Å². The maximum absolute atomic E-state index is 9.87. The van der Waals surface area contributed by atoms with Gasteiger partial charge in [-0.1, -0.05) is 0 Å². The van der Waals surface area contributed by atoms with Crippen LogP contribution in [0.15, 0.2) is 0 Å². The zero-order valence-electron chi connectivity index (χ0n) is 4.52. The minimum Gasteiger partial charge on any atom is -0.376 e. The first-order chi connectivity index (χ1) is 3.31. The van der Waals surface area contributed by atoms with Gasteiger partial charge in [-0.3, -0.25) is 0 Å². The summed E-state index contributed by atoms with van der Waals surface area (Å²) in [5, 5.41) is 9.87. The van der Waals surface area contributed by atoms with Crippen LogP contribution in [0.25, 0.3) is 0 Å². The quantitative estimate of drug-likeness (QED) is 0.514. The van der Waals surface area contributed by atoms with Crippen LogP contribution in [0.1, 0.15) is 6.92 Å². The highest BCUT2D eigenvalue weighted by Gasteiger charge is 1.94. The summed E-state index contributed by atoms with van der Waals surface area (Å²) in [4.78, 5) is 0. The zero-order chi connectivity index (χ0) is 5.70. The zero-order valence-corrected chi connectivity index (χ0v) is 4.52. The van der Waals surface area contributed by atoms with Crippen LogP contribution >= 0.6 is 0 Å². The van der Waals surface area contributed by atoms with Gasteiger partial charge in [0.1, 0.15) is 6.61 Å². The van der Waals surface area contributed by atoms with Gasteiger partial charge in [0.15, 0.2) is 0 Å². The van der Waals surface area contributed by atoms with Crippen LogP contribution < -0.4 is 0 Å². The fourth-order valence-corrected chi connectivity index (χ4v) is 0.249. The summed E-state index contributed by atoms with van der Waals surface area (Å²) in [6.07, 6.45) is -0.169. The highest BCUT2D eigenvalue weighted by molar-refractivity contribution is 4.43. The highest BCUT2D eigenvalue weighted by Crippen LogP contribution is 1.85. The lowest BCUT2D eigenvalue weighted by Gasteiger charge is -2.03. The van der Waals surface area contributed by atoms with E-state index in [1.807, 2.05) is 0 Å². The van der Waals surface area contributed by atoms with Crippen molar-refractivity contribution >= 4 is 0 Å². The van der Waals surface area contributed by atoms with Gasteiger partial charge in [-0.2, -0.15) is 0 Å². The van der Waals surface area contributed by atoms with Gasteiger partial charge in [-0.05, 0) is 13.8 Å². The van der Waals surface area contributed by atoms with Crippen molar-refractivity contribution in [3.63, 3.8) is 0 Å². The normalized spacial score (nSPS) is 14.1. The van der Waals surface area contributed by atoms with Crippen LogP contribution in [0.4, 0.5) is 0 Å². The van der Waals surface area contributed by atoms with Crippen molar-refractivity contribution in [2.45, 2.75) is 13.0 Å². The minimum absolute atomic E-state index is 0.169. The first-order valence-electron chi connectivity index (χ1n) is 2.30. The standard InChI is InChI=1S/C5H10O2/c1-3-7-5(2)4-6/h5H,1,3-4H2,2H3. The molecule has 2 nitrogen and oxygen atoms in total. The van der Waals surface area contributed by atoms with E-state index in [4.69, 9.17) is 4.74 Å². The first kappa shape index (κ1) is 6.92. The van der Waals surface area contributed by atoms with Crippen molar-refractivity contribution in [2.75, 3.05) is 13.2 Å². The van der Waals surface area contributed by atoms with Gasteiger partial charge in [0.05, 0.1) is 6.10 Å². The Morgan fingerprint density at radius 3 is 2.57 bits per heavy atom. The molecule has 0 aliphatic carbocycles. The Morgan fingerprint density at radius 2 is 2.43 bits per heavy atom. The molecule has 0 aliphatic rings. The lowest BCUT2D eigenvalue weighted by molar-refractivity contribution is 0.0146. The largest absolute Gasteiger partial charge is 0.376 e. The molecule has 0 aromatic carbocycles. The van der Waals surface area contributed by atoms with E-state index in [1.54, 1.807) is 6.92 Å². The monoisotopic (exact) mass is 102 g/mol. The van der Waals surface area contributed by atoms with Crippen molar-refractivity contribution in [1.29, 1.82) is 0 Å². The average molecular weight is 102 g/mol. The third-order valence-corrected chi connectivity index (χ3v) is 0.637. The van der Waals surface area contributed by atoms with E-state index in [1.165, 1.54) is 0 Å². The Bertz CT molecular complexity index is 37.1. The van der Waals surface area contributed by atoms with Gasteiger partial charge < -0.3 is 4.74 Å². The van der Waals surface area contributed by atoms with E-state index in [-0.39, 0.29) is 12.7 Å². The second-order valence-electron chi connectivity index (χ2n) is 1.35. The SMILES string of the molecule is [CH2]COC(C)C[O]. The summed E-state index contributed by atoms with van der Waals surface area (Å²) in [5.74, 6) is 0. The van der Waals surface area contributed by atoms with E-state index < -0.39 is 0 Å². The van der Waals surface area contributed by atoms with E-state index in [0.29, 0.717) is 6.61 Å². The van der Waals surface area contributed by atoms with Gasteiger partial charge in [-0.15, -0.1) is 0 Å². The molecular formula is C5H10O2. The van der Waals surface area contributed by atoms with Crippen LogP contribution in [0.3, 0.4) is 0 Å². The predicted molar refractivity (Wildman–Crippen MR) is 26.3 cm³/mol. The van der Waals surface area contributed by atoms with Crippen LogP contribution in [0, 0.1) is 6.92 Å². The van der Waals surface area contributed by atoms with Crippen molar-refractivity contribution in [3.8, 4) is 0 Å². The van der Waals surface area contributed by atoms with E-state index in [9.17, 15) is 5.11 Å². The predicted octanol–water partition coefficient (Wildman–Crippen LogP) is 0.656. The Balaban J connectivity index is 2.83. The molecule has 0 aromatic rings. The smallest absolute Gasteiger partial charge is 0.108 e. The van der Waals surface area contributed by atoms with E-state index >= 15 is 0 Å². The number of ether oxygens (including phenoxy) is 1. The van der Waals surface area contributed by atoms with Crippen LogP contribution in [0.5, 0.6) is 0 Å². The van der Waals surface area contributed by atoms with Gasteiger partial charge in [0, 0.05) is 6.61 Å². The molecule has 42 valence electrons. The summed E-state index contributed by atoms with van der Waals surface area (Å²) < 4.78 is 4.77. The molecule has 1 unspecified atom stereocenters. The molecule has 2 heteroatoms. The third-order valence-electron chi connectivity index (χ3n) is 0.637. The average Bonchev–Trinajstić information content (AvgIpc) is 1.68. The van der Waals surface area contributed by atoms with Crippen molar-refractivity contribution in [3.05, 3.63) is 6.92 Å². The molecule has 7 heavy (non-hydrogen) atoms. The van der Waals surface area contributed by atoms with E-state index in [0.717, 1.165) is 0 Å². The summed E-state index contributed by atoms with van der Waals surface area (Å²) in [6.45, 7) is 5.37. The van der Waals surface area contributed by atoms with Crippen molar-refractivity contribution < 1.29 is 9.84 Å². The van der Waals surface area contributed by atoms with Gasteiger partial charge in [0.25, 0.3) is 0 Å². The Morgan fingerprint density at radius 1 is 1.86 bits per heavy atom. The summed E-state index contributed by atoms with van der Waals surface area (Å²) in [5.41, 5.74) is 0. The number of hydrogen-bond acceptors (Lipinski definition) is 1. The van der Waals surface area contributed by atoms with Crippen molar-refractivity contribution in [1.82, 2.24) is 0 Å². The maximum Gasteiger partial charge on any atom is 0.108 e. The molecule has 0 rings (SSSR count). The second-order valence-corrected chi connectivity index (χ2v) is 1.35. The Labute approximate surface area is 44.1 Å². The molecule has 2 radical (unpaired) electrons. The summed E-state index contributed by atoms with van der Waals surface area (Å²) >= 11 is 0. The molecule has 0 bridgehead atoms. The molecule has 0 saturated carbocycles. The fraction of sp³-hybridized carbons (Fsp3) is 0.800. The molecule has 1 atom stereocenters. The summed E-state index contributed by atoms with van der Waals surface area (Å²) in [6, 6.07) is 0. The second kappa shape index (κ2) is 4.09. The first-order valence-corrected chi connectivity index (χ1v) is 2.30. The molecule has 0 fully saturated rings. The number of rotatable bonds is 3. The number of hydrogen-bond donors (Lipinski definition) is 0. The van der Waals surface area contributed by atoms with Gasteiger partial charge >= 0.3 is 0 Å². The Hall–Kier alpha value is -0.0800. The third kappa shape index (κ3) is 3.76. The van der Waals surface area contributed by atoms with E-state index in [2.05, 4.69) is 6.92 Å². The molecule has 0 aromatic heterocycles.